The summed E-state index contributed by atoms with van der Waals surface area (Å²) in [5, 5.41) is 6.04. The van der Waals surface area contributed by atoms with Crippen molar-refractivity contribution in [2.24, 2.45) is 0 Å². The zero-order chi connectivity index (χ0) is 14.3. The van der Waals surface area contributed by atoms with Crippen LogP contribution in [0.25, 0.3) is 0 Å². The molecule has 2 aliphatic heterocycles. The lowest BCUT2D eigenvalue weighted by molar-refractivity contribution is -0.124. The van der Waals surface area contributed by atoms with Crippen molar-refractivity contribution in [3.05, 3.63) is 28.0 Å². The average molecular weight is 318 g/mol. The Morgan fingerprint density at radius 3 is 2.40 bits per heavy atom. The molecule has 1 aromatic carbocycles. The number of hydrogen-bond acceptors (Lipinski definition) is 3. The minimum absolute atomic E-state index is 0.00979. The molecule has 4 nitrogen and oxygen atoms in total. The number of carbonyl (C=O) groups is 1. The summed E-state index contributed by atoms with van der Waals surface area (Å²) >= 11 is 11.7. The molecule has 2 heterocycles. The van der Waals surface area contributed by atoms with Crippen molar-refractivity contribution in [2.75, 3.05) is 24.7 Å². The topological polar surface area (TPSA) is 44.4 Å². The summed E-state index contributed by atoms with van der Waals surface area (Å²) in [6, 6.07) is 3.04. The van der Waals surface area contributed by atoms with E-state index in [1.54, 1.807) is 0 Å². The molecule has 2 N–H and O–H groups in total. The molecule has 0 saturated carbocycles. The Bertz CT molecular complexity index is 538. The molecule has 0 radical (unpaired) electrons. The van der Waals surface area contributed by atoms with Gasteiger partial charge in [-0.25, -0.2) is 4.39 Å². The molecule has 108 valence electrons. The SMILES string of the molecule is O=C1NCN(c2cc(Cl)c(F)c(Cl)c2)C12CCNCC2. The second-order valence-electron chi connectivity index (χ2n) is 5.10. The quantitative estimate of drug-likeness (QED) is 0.780. The van der Waals surface area contributed by atoms with Crippen molar-refractivity contribution in [3.63, 3.8) is 0 Å². The predicted octanol–water partition coefficient (Wildman–Crippen LogP) is 2.15. The van der Waals surface area contributed by atoms with Crippen molar-refractivity contribution in [3.8, 4) is 0 Å². The second-order valence-corrected chi connectivity index (χ2v) is 5.91. The van der Waals surface area contributed by atoms with E-state index in [0.29, 0.717) is 25.2 Å². The maximum Gasteiger partial charge on any atom is 0.247 e. The molecule has 7 heteroatoms. The van der Waals surface area contributed by atoms with E-state index in [2.05, 4.69) is 10.6 Å². The average Bonchev–Trinajstić information content (AvgIpc) is 2.74. The minimum atomic E-state index is -0.630. The van der Waals surface area contributed by atoms with E-state index in [1.165, 1.54) is 12.1 Å². The van der Waals surface area contributed by atoms with Gasteiger partial charge in [0.1, 0.15) is 5.54 Å². The van der Waals surface area contributed by atoms with E-state index in [0.717, 1.165) is 13.1 Å². The first kappa shape index (κ1) is 13.9. The van der Waals surface area contributed by atoms with Gasteiger partial charge in [-0.15, -0.1) is 0 Å². The van der Waals surface area contributed by atoms with Gasteiger partial charge in [0.25, 0.3) is 0 Å². The van der Waals surface area contributed by atoms with Gasteiger partial charge in [-0.2, -0.15) is 0 Å². The molecular weight excluding hydrogens is 304 g/mol. The van der Waals surface area contributed by atoms with Crippen LogP contribution in [0.1, 0.15) is 12.8 Å². The zero-order valence-electron chi connectivity index (χ0n) is 10.7. The second kappa shape index (κ2) is 5.06. The van der Waals surface area contributed by atoms with Crippen molar-refractivity contribution in [2.45, 2.75) is 18.4 Å². The fourth-order valence-electron chi connectivity index (χ4n) is 2.96. The van der Waals surface area contributed by atoms with Gasteiger partial charge >= 0.3 is 0 Å². The van der Waals surface area contributed by atoms with Crippen molar-refractivity contribution < 1.29 is 9.18 Å². The molecule has 0 aromatic heterocycles. The first-order valence-electron chi connectivity index (χ1n) is 6.46. The Labute approximate surface area is 126 Å². The minimum Gasteiger partial charge on any atom is -0.339 e. The van der Waals surface area contributed by atoms with Gasteiger partial charge in [-0.3, -0.25) is 4.79 Å². The molecule has 1 spiro atoms. The lowest BCUT2D eigenvalue weighted by Crippen LogP contribution is -2.55. The van der Waals surface area contributed by atoms with Crippen LogP contribution in [-0.2, 0) is 4.79 Å². The van der Waals surface area contributed by atoms with E-state index in [4.69, 9.17) is 23.2 Å². The number of carbonyl (C=O) groups excluding carboxylic acids is 1. The largest absolute Gasteiger partial charge is 0.339 e. The monoisotopic (exact) mass is 317 g/mol. The van der Waals surface area contributed by atoms with E-state index in [9.17, 15) is 9.18 Å². The number of benzene rings is 1. The number of rotatable bonds is 1. The summed E-state index contributed by atoms with van der Waals surface area (Å²) in [4.78, 5) is 14.2. The number of hydrogen-bond donors (Lipinski definition) is 2. The highest BCUT2D eigenvalue weighted by Crippen LogP contribution is 2.37. The summed E-state index contributed by atoms with van der Waals surface area (Å²) in [5.74, 6) is -0.620. The standard InChI is InChI=1S/C13H14Cl2FN3O/c14-9-5-8(6-10(15)11(9)16)19-7-18-12(20)13(19)1-3-17-4-2-13/h5-6,17H,1-4,7H2,(H,18,20). The third kappa shape index (κ3) is 2.05. The number of nitrogens with zero attached hydrogens (tertiary/aromatic N) is 1. The highest BCUT2D eigenvalue weighted by Gasteiger charge is 2.49. The van der Waals surface area contributed by atoms with Crippen molar-refractivity contribution in [1.82, 2.24) is 10.6 Å². The van der Waals surface area contributed by atoms with Crippen LogP contribution in [0, 0.1) is 5.82 Å². The Kier molecular flexibility index (Phi) is 3.52. The number of piperidine rings is 1. The van der Waals surface area contributed by atoms with E-state index >= 15 is 0 Å². The van der Waals surface area contributed by atoms with Gasteiger partial charge in [0, 0.05) is 5.69 Å². The summed E-state index contributed by atoms with van der Waals surface area (Å²) in [6.45, 7) is 1.93. The van der Waals surface area contributed by atoms with Crippen LogP contribution < -0.4 is 15.5 Å². The van der Waals surface area contributed by atoms with Crippen LogP contribution in [0.5, 0.6) is 0 Å². The Hall–Kier alpha value is -1.04. The van der Waals surface area contributed by atoms with E-state index in [-0.39, 0.29) is 16.0 Å². The van der Waals surface area contributed by atoms with Gasteiger partial charge in [0.05, 0.1) is 16.7 Å². The molecular formula is C13H14Cl2FN3O. The molecule has 1 aromatic rings. The fourth-order valence-corrected chi connectivity index (χ4v) is 3.44. The molecule has 2 fully saturated rings. The first-order valence-corrected chi connectivity index (χ1v) is 7.21. The Morgan fingerprint density at radius 1 is 1.20 bits per heavy atom. The van der Waals surface area contributed by atoms with Crippen LogP contribution in [-0.4, -0.2) is 31.2 Å². The van der Waals surface area contributed by atoms with Crippen LogP contribution in [0.3, 0.4) is 0 Å². The highest BCUT2D eigenvalue weighted by atomic mass is 35.5. The Balaban J connectivity index is 2.02. The molecule has 0 atom stereocenters. The third-order valence-electron chi connectivity index (χ3n) is 4.05. The van der Waals surface area contributed by atoms with Crippen molar-refractivity contribution in [1.29, 1.82) is 0 Å². The van der Waals surface area contributed by atoms with Crippen LogP contribution >= 0.6 is 23.2 Å². The van der Waals surface area contributed by atoms with Gasteiger partial charge in [0.2, 0.25) is 5.91 Å². The zero-order valence-corrected chi connectivity index (χ0v) is 12.2. The normalized spacial score (nSPS) is 21.4. The van der Waals surface area contributed by atoms with Crippen LogP contribution in [0.2, 0.25) is 10.0 Å². The number of amides is 1. The maximum absolute atomic E-state index is 13.5. The molecule has 20 heavy (non-hydrogen) atoms. The maximum atomic E-state index is 13.5. The smallest absolute Gasteiger partial charge is 0.247 e. The predicted molar refractivity (Wildman–Crippen MR) is 76.7 cm³/mol. The fraction of sp³-hybridized carbons (Fsp3) is 0.462. The van der Waals surface area contributed by atoms with Gasteiger partial charge in [-0.05, 0) is 38.1 Å². The molecule has 2 saturated heterocycles. The molecule has 2 aliphatic rings. The molecule has 0 bridgehead atoms. The first-order chi connectivity index (χ1) is 9.54. The molecule has 3 rings (SSSR count). The molecule has 0 unspecified atom stereocenters. The third-order valence-corrected chi connectivity index (χ3v) is 4.60. The summed E-state index contributed by atoms with van der Waals surface area (Å²) < 4.78 is 13.5. The van der Waals surface area contributed by atoms with Crippen LogP contribution in [0.15, 0.2) is 12.1 Å². The Morgan fingerprint density at radius 2 is 1.80 bits per heavy atom. The molecule has 0 aliphatic carbocycles. The lowest BCUT2D eigenvalue weighted by Gasteiger charge is -2.40. The lowest BCUT2D eigenvalue weighted by atomic mass is 9.86. The van der Waals surface area contributed by atoms with Gasteiger partial charge < -0.3 is 15.5 Å². The highest BCUT2D eigenvalue weighted by molar-refractivity contribution is 6.35. The van der Waals surface area contributed by atoms with Crippen molar-refractivity contribution >= 4 is 34.8 Å². The summed E-state index contributed by atoms with van der Waals surface area (Å²) in [5.41, 5.74) is 0.0806. The summed E-state index contributed by atoms with van der Waals surface area (Å²) in [7, 11) is 0. The summed E-state index contributed by atoms with van der Waals surface area (Å²) in [6.07, 6.45) is 1.40. The van der Waals surface area contributed by atoms with Gasteiger partial charge in [-0.1, -0.05) is 23.2 Å². The molecule has 1 amide bonds. The number of anilines is 1. The van der Waals surface area contributed by atoms with Gasteiger partial charge in [0.15, 0.2) is 5.82 Å². The van der Waals surface area contributed by atoms with E-state index in [1.807, 2.05) is 4.90 Å². The van der Waals surface area contributed by atoms with E-state index < -0.39 is 11.4 Å². The van der Waals surface area contributed by atoms with Crippen LogP contribution in [0.4, 0.5) is 10.1 Å². The number of nitrogens with one attached hydrogen (secondary N) is 2. The number of halogens is 3.